The van der Waals surface area contributed by atoms with Crippen molar-refractivity contribution in [3.05, 3.63) is 24.3 Å². The largest absolute Gasteiger partial charge is 0.304 e. The van der Waals surface area contributed by atoms with Crippen LogP contribution in [0.3, 0.4) is 0 Å². The Hall–Kier alpha value is -1.38. The molecule has 2 aliphatic rings. The third-order valence-corrected chi connectivity index (χ3v) is 7.80. The number of hydrogen-bond donors (Lipinski definition) is 1. The fourth-order valence-electron chi connectivity index (χ4n) is 3.13. The van der Waals surface area contributed by atoms with Gasteiger partial charge in [0.25, 0.3) is 5.91 Å². The first-order valence-electron chi connectivity index (χ1n) is 8.26. The number of thioether (sulfide) groups is 2. The Balaban J connectivity index is 1.35. The van der Waals surface area contributed by atoms with Gasteiger partial charge in [-0.25, -0.2) is 4.98 Å². The van der Waals surface area contributed by atoms with E-state index in [0.717, 1.165) is 40.2 Å². The fraction of sp³-hybridized carbons (Fsp3) is 0.412. The Kier molecular flexibility index (Phi) is 5.10. The van der Waals surface area contributed by atoms with Crippen LogP contribution in [0.2, 0.25) is 0 Å². The number of thiazole rings is 1. The van der Waals surface area contributed by atoms with E-state index in [0.29, 0.717) is 5.17 Å². The predicted octanol–water partition coefficient (Wildman–Crippen LogP) is 3.69. The monoisotopic (exact) mass is 391 g/mol. The summed E-state index contributed by atoms with van der Waals surface area (Å²) in [7, 11) is 0. The number of nitrogens with zero attached hydrogens (tertiary/aromatic N) is 2. The van der Waals surface area contributed by atoms with Crippen molar-refractivity contribution in [2.45, 2.75) is 35.3 Å². The first kappa shape index (κ1) is 17.1. The molecule has 2 atom stereocenters. The predicted molar refractivity (Wildman–Crippen MR) is 104 cm³/mol. The van der Waals surface area contributed by atoms with Crippen LogP contribution < -0.4 is 5.32 Å². The van der Waals surface area contributed by atoms with Gasteiger partial charge in [0.15, 0.2) is 9.51 Å². The number of carbonyl (C=O) groups excluding carboxylic acids is 2. The number of amidine groups is 1. The van der Waals surface area contributed by atoms with Crippen LogP contribution in [0.5, 0.6) is 0 Å². The molecular weight excluding hydrogens is 374 g/mol. The minimum atomic E-state index is -0.141. The highest BCUT2D eigenvalue weighted by Gasteiger charge is 2.36. The number of fused-ring (bicyclic) bond motifs is 2. The van der Waals surface area contributed by atoms with Crippen molar-refractivity contribution in [3.8, 4) is 0 Å². The van der Waals surface area contributed by atoms with E-state index in [4.69, 9.17) is 0 Å². The lowest BCUT2D eigenvalue weighted by molar-refractivity contribution is -0.122. The van der Waals surface area contributed by atoms with E-state index in [1.54, 1.807) is 23.1 Å². The summed E-state index contributed by atoms with van der Waals surface area (Å²) in [4.78, 5) is 32.9. The molecule has 2 amide bonds. The zero-order valence-corrected chi connectivity index (χ0v) is 15.9. The van der Waals surface area contributed by atoms with Gasteiger partial charge in [-0.05, 0) is 25.0 Å². The minimum absolute atomic E-state index is 0.0384. The quantitative estimate of drug-likeness (QED) is 0.808. The van der Waals surface area contributed by atoms with Gasteiger partial charge < -0.3 is 5.32 Å². The average Bonchev–Trinajstić information content (AvgIpc) is 3.03. The molecule has 2 aromatic rings. The Morgan fingerprint density at radius 3 is 3.00 bits per heavy atom. The highest BCUT2D eigenvalue weighted by molar-refractivity contribution is 8.14. The Labute approximate surface area is 158 Å². The maximum atomic E-state index is 12.2. The summed E-state index contributed by atoms with van der Waals surface area (Å²) in [6.07, 6.45) is 4.20. The molecule has 1 fully saturated rings. The molecule has 130 valence electrons. The SMILES string of the molecule is O=C(CSc1nc2ccccc2s1)NC1=NC(=O)C2CCCCC2S1. The molecule has 25 heavy (non-hydrogen) atoms. The molecule has 0 radical (unpaired) electrons. The lowest BCUT2D eigenvalue weighted by Crippen LogP contribution is -2.40. The van der Waals surface area contributed by atoms with Crippen molar-refractivity contribution < 1.29 is 9.59 Å². The number of aliphatic imine (C=N–C) groups is 1. The topological polar surface area (TPSA) is 71.4 Å². The maximum absolute atomic E-state index is 12.2. The summed E-state index contributed by atoms with van der Waals surface area (Å²) in [6, 6.07) is 7.93. The first-order chi connectivity index (χ1) is 12.2. The number of para-hydroxylation sites is 1. The van der Waals surface area contributed by atoms with Gasteiger partial charge in [-0.15, -0.1) is 11.3 Å². The molecule has 1 aliphatic heterocycles. The van der Waals surface area contributed by atoms with Gasteiger partial charge in [0.05, 0.1) is 21.9 Å². The zero-order chi connectivity index (χ0) is 17.2. The fourth-order valence-corrected chi connectivity index (χ4v) is 6.30. The second-order valence-corrected chi connectivity index (χ2v) is 9.57. The molecule has 8 heteroatoms. The second-order valence-electron chi connectivity index (χ2n) is 6.09. The summed E-state index contributed by atoms with van der Waals surface area (Å²) in [5.41, 5.74) is 0.955. The zero-order valence-electron chi connectivity index (χ0n) is 13.4. The third-order valence-electron chi connectivity index (χ3n) is 4.34. The van der Waals surface area contributed by atoms with E-state index in [1.807, 2.05) is 24.3 Å². The van der Waals surface area contributed by atoms with Gasteiger partial charge in [0, 0.05) is 5.25 Å². The van der Waals surface area contributed by atoms with Crippen molar-refractivity contribution in [2.75, 3.05) is 5.75 Å². The number of rotatable bonds is 3. The standard InChI is InChI=1S/C17H17N3O2S3/c21-14(9-23-17-18-11-6-2-4-8-13(11)25-17)19-16-20-15(22)10-5-1-3-7-12(10)24-16/h2,4,6,8,10,12H,1,3,5,7,9H2,(H,19,20,21,22). The van der Waals surface area contributed by atoms with Gasteiger partial charge >= 0.3 is 0 Å². The number of hydrogen-bond acceptors (Lipinski definition) is 6. The lowest BCUT2D eigenvalue weighted by atomic mass is 9.88. The Morgan fingerprint density at radius 1 is 1.28 bits per heavy atom. The van der Waals surface area contributed by atoms with E-state index in [-0.39, 0.29) is 28.7 Å². The van der Waals surface area contributed by atoms with E-state index in [1.165, 1.54) is 11.8 Å². The molecule has 0 spiro atoms. The van der Waals surface area contributed by atoms with E-state index in [2.05, 4.69) is 15.3 Å². The van der Waals surface area contributed by atoms with Crippen LogP contribution in [0.25, 0.3) is 10.2 Å². The van der Waals surface area contributed by atoms with Crippen molar-refractivity contribution in [2.24, 2.45) is 10.9 Å². The molecule has 1 N–H and O–H groups in total. The molecule has 2 heterocycles. The van der Waals surface area contributed by atoms with Gasteiger partial charge in [-0.1, -0.05) is 48.5 Å². The maximum Gasteiger partial charge on any atom is 0.252 e. The molecule has 5 nitrogen and oxygen atoms in total. The van der Waals surface area contributed by atoms with Gasteiger partial charge in [-0.2, -0.15) is 4.99 Å². The smallest absolute Gasteiger partial charge is 0.252 e. The molecular formula is C17H17N3O2S3. The highest BCUT2D eigenvalue weighted by atomic mass is 32.2. The van der Waals surface area contributed by atoms with E-state index < -0.39 is 0 Å². The Morgan fingerprint density at radius 2 is 2.12 bits per heavy atom. The highest BCUT2D eigenvalue weighted by Crippen LogP contribution is 2.37. The molecule has 4 rings (SSSR count). The first-order valence-corrected chi connectivity index (χ1v) is 10.9. The van der Waals surface area contributed by atoms with Crippen LogP contribution >= 0.6 is 34.9 Å². The van der Waals surface area contributed by atoms with E-state index in [9.17, 15) is 9.59 Å². The average molecular weight is 392 g/mol. The number of benzene rings is 1. The number of nitrogens with one attached hydrogen (secondary N) is 1. The number of amides is 2. The summed E-state index contributed by atoms with van der Waals surface area (Å²) in [6.45, 7) is 0. The van der Waals surface area contributed by atoms with Crippen LogP contribution in [0.15, 0.2) is 33.6 Å². The van der Waals surface area contributed by atoms with Crippen molar-refractivity contribution >= 4 is 62.1 Å². The molecule has 2 unspecified atom stereocenters. The summed E-state index contributed by atoms with van der Waals surface area (Å²) >= 11 is 4.54. The molecule has 1 aliphatic carbocycles. The molecule has 1 aromatic carbocycles. The third kappa shape index (κ3) is 3.91. The number of aromatic nitrogens is 1. The summed E-state index contributed by atoms with van der Waals surface area (Å²) < 4.78 is 1.99. The lowest BCUT2D eigenvalue weighted by Gasteiger charge is -2.32. The molecule has 1 saturated carbocycles. The van der Waals surface area contributed by atoms with Crippen LogP contribution in [0.4, 0.5) is 0 Å². The van der Waals surface area contributed by atoms with Crippen molar-refractivity contribution in [1.82, 2.24) is 10.3 Å². The van der Waals surface area contributed by atoms with Gasteiger partial charge in [0.1, 0.15) is 0 Å². The van der Waals surface area contributed by atoms with Crippen LogP contribution in [0.1, 0.15) is 25.7 Å². The molecule has 1 aromatic heterocycles. The van der Waals surface area contributed by atoms with Crippen molar-refractivity contribution in [3.63, 3.8) is 0 Å². The summed E-state index contributed by atoms with van der Waals surface area (Å²) in [5.74, 6) is 0.0912. The number of carbonyl (C=O) groups is 2. The van der Waals surface area contributed by atoms with Gasteiger partial charge in [0.2, 0.25) is 5.91 Å². The Bertz CT molecular complexity index is 816. The van der Waals surface area contributed by atoms with Crippen LogP contribution in [-0.2, 0) is 9.59 Å². The molecule has 0 saturated heterocycles. The van der Waals surface area contributed by atoms with Crippen LogP contribution in [0, 0.1) is 5.92 Å². The normalized spacial score (nSPS) is 23.2. The van der Waals surface area contributed by atoms with Crippen LogP contribution in [-0.4, -0.2) is 33.0 Å². The van der Waals surface area contributed by atoms with Crippen molar-refractivity contribution in [1.29, 1.82) is 0 Å². The minimum Gasteiger partial charge on any atom is -0.304 e. The van der Waals surface area contributed by atoms with E-state index >= 15 is 0 Å². The van der Waals surface area contributed by atoms with Gasteiger partial charge in [-0.3, -0.25) is 9.59 Å². The second kappa shape index (κ2) is 7.47. The molecule has 0 bridgehead atoms. The summed E-state index contributed by atoms with van der Waals surface area (Å²) in [5, 5.41) is 3.53.